The maximum absolute atomic E-state index is 12.3. The number of hydrogen-bond acceptors (Lipinski definition) is 3. The van der Waals surface area contributed by atoms with Crippen LogP contribution in [0.3, 0.4) is 0 Å². The summed E-state index contributed by atoms with van der Waals surface area (Å²) in [6, 6.07) is 5.56. The van der Waals surface area contributed by atoms with Crippen LogP contribution in [0.5, 0.6) is 5.75 Å². The second kappa shape index (κ2) is 4.40. The van der Waals surface area contributed by atoms with Crippen molar-refractivity contribution in [2.24, 2.45) is 0 Å². The highest BCUT2D eigenvalue weighted by molar-refractivity contribution is 5.70. The molecule has 1 saturated heterocycles. The number of ether oxygens (including phenoxy) is 1. The molecule has 4 heteroatoms. The first-order valence-corrected chi connectivity index (χ1v) is 7.17. The molecule has 0 spiro atoms. The van der Waals surface area contributed by atoms with Crippen molar-refractivity contribution >= 4 is 6.09 Å². The van der Waals surface area contributed by atoms with Gasteiger partial charge in [0.15, 0.2) is 0 Å². The zero-order valence-electron chi connectivity index (χ0n) is 12.2. The van der Waals surface area contributed by atoms with Crippen molar-refractivity contribution in [2.75, 3.05) is 6.54 Å². The summed E-state index contributed by atoms with van der Waals surface area (Å²) in [5, 5.41) is 9.69. The van der Waals surface area contributed by atoms with Gasteiger partial charge in [0.25, 0.3) is 0 Å². The third-order valence-electron chi connectivity index (χ3n) is 4.08. The number of fused-ring (bicyclic) bond motifs is 2. The predicted molar refractivity (Wildman–Crippen MR) is 75.8 cm³/mol. The van der Waals surface area contributed by atoms with Gasteiger partial charge in [-0.15, -0.1) is 0 Å². The minimum atomic E-state index is -0.477. The molecule has 0 saturated carbocycles. The Balaban J connectivity index is 1.90. The Morgan fingerprint density at radius 3 is 2.75 bits per heavy atom. The van der Waals surface area contributed by atoms with Gasteiger partial charge in [-0.05, 0) is 56.9 Å². The van der Waals surface area contributed by atoms with Crippen LogP contribution in [0.15, 0.2) is 18.2 Å². The standard InChI is InChI=1S/C16H21NO3/c1-16(2,3)20-15(19)17-9-10-4-7-14(17)13-8-11(18)5-6-12(10)13/h5-6,8,10,14,18H,4,7,9H2,1-3H3. The average molecular weight is 275 g/mol. The topological polar surface area (TPSA) is 49.8 Å². The molecule has 1 N–H and O–H groups in total. The highest BCUT2D eigenvalue weighted by atomic mass is 16.6. The van der Waals surface area contributed by atoms with Crippen LogP contribution >= 0.6 is 0 Å². The SMILES string of the molecule is CC(C)(C)OC(=O)N1CC2CCC1c1cc(O)ccc12. The van der Waals surface area contributed by atoms with Crippen LogP contribution in [0.25, 0.3) is 0 Å². The molecule has 4 nitrogen and oxygen atoms in total. The van der Waals surface area contributed by atoms with E-state index >= 15 is 0 Å². The Morgan fingerprint density at radius 2 is 2.05 bits per heavy atom. The Kier molecular flexibility index (Phi) is 2.92. The number of phenolic OH excluding ortho intramolecular Hbond substituents is 1. The minimum absolute atomic E-state index is 0.0388. The summed E-state index contributed by atoms with van der Waals surface area (Å²) in [7, 11) is 0. The third kappa shape index (κ3) is 2.23. The van der Waals surface area contributed by atoms with Crippen LogP contribution < -0.4 is 0 Å². The molecule has 2 aliphatic heterocycles. The summed E-state index contributed by atoms with van der Waals surface area (Å²) in [4.78, 5) is 14.2. The lowest BCUT2D eigenvalue weighted by Gasteiger charge is -2.46. The molecule has 0 radical (unpaired) electrons. The molecule has 0 aromatic heterocycles. The summed E-state index contributed by atoms with van der Waals surface area (Å²) in [5.41, 5.74) is 1.88. The van der Waals surface area contributed by atoms with E-state index in [4.69, 9.17) is 4.74 Å². The van der Waals surface area contributed by atoms with Crippen LogP contribution in [-0.4, -0.2) is 28.2 Å². The largest absolute Gasteiger partial charge is 0.508 e. The molecule has 1 fully saturated rings. The van der Waals surface area contributed by atoms with Crippen molar-refractivity contribution in [3.05, 3.63) is 29.3 Å². The van der Waals surface area contributed by atoms with Crippen molar-refractivity contribution in [1.29, 1.82) is 0 Å². The molecule has 4 rings (SSSR count). The highest BCUT2D eigenvalue weighted by Gasteiger charge is 2.41. The zero-order chi connectivity index (χ0) is 14.5. The van der Waals surface area contributed by atoms with E-state index in [-0.39, 0.29) is 17.9 Å². The fraction of sp³-hybridized carbons (Fsp3) is 0.562. The Morgan fingerprint density at radius 1 is 1.30 bits per heavy atom. The lowest BCUT2D eigenvalue weighted by molar-refractivity contribution is 0.00319. The first-order valence-electron chi connectivity index (χ1n) is 7.17. The van der Waals surface area contributed by atoms with E-state index in [0.29, 0.717) is 5.92 Å². The quantitative estimate of drug-likeness (QED) is 0.787. The molecule has 2 heterocycles. The number of nitrogens with zero attached hydrogens (tertiary/aromatic N) is 1. The molecule has 1 amide bonds. The maximum atomic E-state index is 12.3. The van der Waals surface area contributed by atoms with E-state index in [1.165, 1.54) is 5.56 Å². The number of phenols is 1. The van der Waals surface area contributed by atoms with Gasteiger partial charge in [0.05, 0.1) is 6.04 Å². The van der Waals surface area contributed by atoms with Crippen LogP contribution in [0, 0.1) is 0 Å². The minimum Gasteiger partial charge on any atom is -0.508 e. The Labute approximate surface area is 119 Å². The van der Waals surface area contributed by atoms with Crippen LogP contribution in [-0.2, 0) is 4.74 Å². The van der Waals surface area contributed by atoms with E-state index in [1.54, 1.807) is 12.1 Å². The molecule has 2 bridgehead atoms. The van der Waals surface area contributed by atoms with Gasteiger partial charge >= 0.3 is 6.09 Å². The lowest BCUT2D eigenvalue weighted by Crippen LogP contribution is -2.47. The van der Waals surface area contributed by atoms with Crippen LogP contribution in [0.4, 0.5) is 4.79 Å². The van der Waals surface area contributed by atoms with E-state index in [2.05, 4.69) is 0 Å². The number of rotatable bonds is 0. The number of hydrogen-bond donors (Lipinski definition) is 1. The monoisotopic (exact) mass is 275 g/mol. The lowest BCUT2D eigenvalue weighted by atomic mass is 9.75. The van der Waals surface area contributed by atoms with Crippen molar-refractivity contribution in [3.8, 4) is 5.75 Å². The second-order valence-electron chi connectivity index (χ2n) is 6.74. The zero-order valence-corrected chi connectivity index (χ0v) is 12.2. The number of carbonyl (C=O) groups excluding carboxylic acids is 1. The van der Waals surface area contributed by atoms with Crippen molar-refractivity contribution in [3.63, 3.8) is 0 Å². The highest BCUT2D eigenvalue weighted by Crippen LogP contribution is 2.47. The summed E-state index contributed by atoms with van der Waals surface area (Å²) < 4.78 is 5.50. The summed E-state index contributed by atoms with van der Waals surface area (Å²) >= 11 is 0. The van der Waals surface area contributed by atoms with Gasteiger partial charge in [-0.3, -0.25) is 0 Å². The van der Waals surface area contributed by atoms with Gasteiger partial charge in [0.1, 0.15) is 11.4 Å². The van der Waals surface area contributed by atoms with Gasteiger partial charge in [-0.2, -0.15) is 0 Å². The first kappa shape index (κ1) is 13.3. The summed E-state index contributed by atoms with van der Waals surface area (Å²) in [6.07, 6.45) is 1.79. The molecule has 1 aromatic rings. The number of piperidine rings is 1. The summed E-state index contributed by atoms with van der Waals surface area (Å²) in [6.45, 7) is 6.37. The van der Waals surface area contributed by atoms with Crippen LogP contribution in [0.2, 0.25) is 0 Å². The van der Waals surface area contributed by atoms with Crippen LogP contribution in [0.1, 0.15) is 56.7 Å². The molecule has 20 heavy (non-hydrogen) atoms. The molecule has 1 aliphatic carbocycles. The molecule has 108 valence electrons. The normalized spacial score (nSPS) is 24.4. The maximum Gasteiger partial charge on any atom is 0.410 e. The van der Waals surface area contributed by atoms with E-state index in [0.717, 1.165) is 24.9 Å². The average Bonchev–Trinajstić information content (AvgIpc) is 2.37. The van der Waals surface area contributed by atoms with Crippen molar-refractivity contribution < 1.29 is 14.6 Å². The Bertz CT molecular complexity index is 547. The molecule has 1 aromatic carbocycles. The molecular weight excluding hydrogens is 254 g/mol. The third-order valence-corrected chi connectivity index (χ3v) is 4.08. The predicted octanol–water partition coefficient (Wildman–Crippen LogP) is 3.56. The molecular formula is C16H21NO3. The molecule has 2 unspecified atom stereocenters. The fourth-order valence-electron chi connectivity index (χ4n) is 3.29. The van der Waals surface area contributed by atoms with Gasteiger partial charge in [0.2, 0.25) is 0 Å². The molecule has 2 atom stereocenters. The Hall–Kier alpha value is -1.71. The number of amides is 1. The first-order chi connectivity index (χ1) is 9.35. The van der Waals surface area contributed by atoms with Gasteiger partial charge in [-0.1, -0.05) is 6.07 Å². The van der Waals surface area contributed by atoms with E-state index < -0.39 is 5.60 Å². The fourth-order valence-corrected chi connectivity index (χ4v) is 3.29. The van der Waals surface area contributed by atoms with Crippen molar-refractivity contribution in [1.82, 2.24) is 4.90 Å². The summed E-state index contributed by atoms with van der Waals surface area (Å²) in [5.74, 6) is 0.628. The van der Waals surface area contributed by atoms with Gasteiger partial charge in [-0.25, -0.2) is 4.79 Å². The van der Waals surface area contributed by atoms with E-state index in [1.807, 2.05) is 31.7 Å². The van der Waals surface area contributed by atoms with E-state index in [9.17, 15) is 9.90 Å². The van der Waals surface area contributed by atoms with Crippen molar-refractivity contribution in [2.45, 2.75) is 51.2 Å². The number of benzene rings is 1. The van der Waals surface area contributed by atoms with Gasteiger partial charge in [0, 0.05) is 12.5 Å². The number of carbonyl (C=O) groups is 1. The van der Waals surface area contributed by atoms with Gasteiger partial charge < -0.3 is 14.7 Å². The molecule has 3 aliphatic rings. The number of aromatic hydroxyl groups is 1. The second-order valence-corrected chi connectivity index (χ2v) is 6.74. The smallest absolute Gasteiger partial charge is 0.410 e.